The average molecular weight is 497 g/mol. The zero-order valence-electron chi connectivity index (χ0n) is 23.3. The fourth-order valence-corrected chi connectivity index (χ4v) is 11.0. The molecule has 196 valence electrons. The molecule has 35 heavy (non-hydrogen) atoms. The lowest BCUT2D eigenvalue weighted by atomic mass is 9.44. The van der Waals surface area contributed by atoms with Gasteiger partial charge in [-0.1, -0.05) is 65.6 Å². The number of thioether (sulfide) groups is 1. The lowest BCUT2D eigenvalue weighted by Gasteiger charge is -2.61. The van der Waals surface area contributed by atoms with Crippen LogP contribution in [-0.4, -0.2) is 15.7 Å². The van der Waals surface area contributed by atoms with Crippen LogP contribution in [-0.2, 0) is 0 Å². The van der Waals surface area contributed by atoms with Crippen molar-refractivity contribution in [1.82, 2.24) is 9.97 Å². The van der Waals surface area contributed by atoms with Gasteiger partial charge in [-0.25, -0.2) is 9.97 Å². The van der Waals surface area contributed by atoms with Gasteiger partial charge < -0.3 is 0 Å². The first kappa shape index (κ1) is 26.1. The SMILES string of the molecule is CC(C)CCC[C@@H](C)[C@H]1CCC2C3CC[C@H]4C[C@@H](CSc5ncccn5)CC[C@]4(C)C3CC[C@@]21C. The highest BCUT2D eigenvalue weighted by atomic mass is 32.2. The lowest BCUT2D eigenvalue weighted by molar-refractivity contribution is -0.120. The topological polar surface area (TPSA) is 25.8 Å². The fraction of sp³-hybridized carbons (Fsp3) is 0.875. The first-order chi connectivity index (χ1) is 16.8. The molecule has 0 spiro atoms. The van der Waals surface area contributed by atoms with Crippen LogP contribution in [0, 0.1) is 58.2 Å². The molecule has 4 aliphatic carbocycles. The summed E-state index contributed by atoms with van der Waals surface area (Å²) >= 11 is 1.89. The minimum atomic E-state index is 0.607. The van der Waals surface area contributed by atoms with E-state index in [0.29, 0.717) is 10.8 Å². The summed E-state index contributed by atoms with van der Waals surface area (Å²) in [6.45, 7) is 12.9. The summed E-state index contributed by atoms with van der Waals surface area (Å²) in [7, 11) is 0. The van der Waals surface area contributed by atoms with Crippen molar-refractivity contribution in [3.8, 4) is 0 Å². The number of fused-ring (bicyclic) bond motifs is 5. The molecular formula is C32H52N2S. The van der Waals surface area contributed by atoms with E-state index in [2.05, 4.69) is 44.6 Å². The second-order valence-electron chi connectivity index (χ2n) is 14.2. The van der Waals surface area contributed by atoms with Gasteiger partial charge in [-0.15, -0.1) is 0 Å². The Kier molecular flexibility index (Phi) is 7.94. The quantitative estimate of drug-likeness (QED) is 0.265. The maximum atomic E-state index is 4.44. The molecule has 3 unspecified atom stereocenters. The molecule has 0 bridgehead atoms. The van der Waals surface area contributed by atoms with Gasteiger partial charge in [0.05, 0.1) is 0 Å². The van der Waals surface area contributed by atoms with Gasteiger partial charge in [0.2, 0.25) is 0 Å². The van der Waals surface area contributed by atoms with Crippen molar-refractivity contribution >= 4 is 11.8 Å². The molecule has 2 nitrogen and oxygen atoms in total. The van der Waals surface area contributed by atoms with E-state index in [4.69, 9.17) is 0 Å². The van der Waals surface area contributed by atoms with Crippen LogP contribution in [0.1, 0.15) is 112 Å². The van der Waals surface area contributed by atoms with E-state index in [1.807, 2.05) is 30.2 Å². The zero-order valence-corrected chi connectivity index (χ0v) is 24.2. The minimum absolute atomic E-state index is 0.607. The maximum absolute atomic E-state index is 4.44. The second-order valence-corrected chi connectivity index (χ2v) is 15.2. The summed E-state index contributed by atoms with van der Waals surface area (Å²) < 4.78 is 0. The van der Waals surface area contributed by atoms with Gasteiger partial charge >= 0.3 is 0 Å². The Balaban J connectivity index is 1.20. The molecule has 1 aromatic rings. The summed E-state index contributed by atoms with van der Waals surface area (Å²) in [5.74, 6) is 8.83. The fourth-order valence-electron chi connectivity index (χ4n) is 10.1. The molecule has 0 aromatic carbocycles. The zero-order chi connectivity index (χ0) is 24.6. The van der Waals surface area contributed by atoms with Crippen molar-refractivity contribution in [1.29, 1.82) is 0 Å². The monoisotopic (exact) mass is 496 g/mol. The second kappa shape index (κ2) is 10.7. The third-order valence-corrected chi connectivity index (χ3v) is 13.1. The van der Waals surface area contributed by atoms with E-state index >= 15 is 0 Å². The Hall–Kier alpha value is -0.570. The summed E-state index contributed by atoms with van der Waals surface area (Å²) in [4.78, 5) is 8.89. The van der Waals surface area contributed by atoms with E-state index < -0.39 is 0 Å². The molecule has 4 saturated carbocycles. The molecule has 0 aliphatic heterocycles. The molecule has 0 amide bonds. The van der Waals surface area contributed by atoms with Gasteiger partial charge in [0, 0.05) is 18.1 Å². The Bertz CT molecular complexity index is 826. The van der Waals surface area contributed by atoms with E-state index in [0.717, 1.165) is 52.5 Å². The average Bonchev–Trinajstić information content (AvgIpc) is 3.20. The normalized spacial score (nSPS) is 41.8. The number of aromatic nitrogens is 2. The predicted molar refractivity (Wildman–Crippen MR) is 149 cm³/mol. The molecule has 5 rings (SSSR count). The van der Waals surface area contributed by atoms with E-state index in [-0.39, 0.29) is 0 Å². The smallest absolute Gasteiger partial charge is 0.187 e. The summed E-state index contributed by atoms with van der Waals surface area (Å²) in [6.07, 6.45) is 21.6. The molecule has 0 N–H and O–H groups in total. The first-order valence-electron chi connectivity index (χ1n) is 15.2. The Morgan fingerprint density at radius 1 is 0.886 bits per heavy atom. The number of rotatable bonds is 8. The van der Waals surface area contributed by atoms with Crippen LogP contribution in [0.5, 0.6) is 0 Å². The van der Waals surface area contributed by atoms with Gasteiger partial charge in [-0.3, -0.25) is 0 Å². The van der Waals surface area contributed by atoms with Crippen LogP contribution in [0.15, 0.2) is 23.6 Å². The Labute approximate surface area is 220 Å². The molecule has 0 radical (unpaired) electrons. The van der Waals surface area contributed by atoms with E-state index in [9.17, 15) is 0 Å². The van der Waals surface area contributed by atoms with Crippen molar-refractivity contribution in [2.45, 2.75) is 117 Å². The van der Waals surface area contributed by atoms with Crippen LogP contribution in [0.3, 0.4) is 0 Å². The molecule has 3 heteroatoms. The first-order valence-corrected chi connectivity index (χ1v) is 16.2. The standard InChI is InChI=1S/C32H52N2S/c1-22(2)8-6-9-23(3)27-12-13-28-26-11-10-25-20-24(21-35-30-33-18-7-19-34-30)14-16-31(25,4)29(26)15-17-32(27,28)5/h7,18-19,22-29H,6,8-17,20-21H2,1-5H3/t23-,24+,25+,26?,27-,28?,29?,31+,32-/m1/s1. The van der Waals surface area contributed by atoms with Crippen molar-refractivity contribution in [3.63, 3.8) is 0 Å². The molecule has 0 saturated heterocycles. The number of hydrogen-bond donors (Lipinski definition) is 0. The molecule has 9 atom stereocenters. The number of nitrogens with zero attached hydrogens (tertiary/aromatic N) is 2. The third kappa shape index (κ3) is 5.10. The maximum Gasteiger partial charge on any atom is 0.187 e. The van der Waals surface area contributed by atoms with Crippen LogP contribution in [0.2, 0.25) is 0 Å². The van der Waals surface area contributed by atoms with Gasteiger partial charge in [0.1, 0.15) is 0 Å². The summed E-state index contributed by atoms with van der Waals surface area (Å²) in [5.41, 5.74) is 1.24. The van der Waals surface area contributed by atoms with Crippen LogP contribution in [0.25, 0.3) is 0 Å². The molecule has 4 aliphatic rings. The van der Waals surface area contributed by atoms with Crippen LogP contribution in [0.4, 0.5) is 0 Å². The van der Waals surface area contributed by atoms with E-state index in [1.54, 1.807) is 0 Å². The Morgan fingerprint density at radius 3 is 2.40 bits per heavy atom. The van der Waals surface area contributed by atoms with Gasteiger partial charge in [-0.05, 0) is 122 Å². The van der Waals surface area contributed by atoms with Crippen molar-refractivity contribution in [2.24, 2.45) is 58.2 Å². The lowest BCUT2D eigenvalue weighted by Crippen LogP contribution is -2.53. The Morgan fingerprint density at radius 2 is 1.63 bits per heavy atom. The van der Waals surface area contributed by atoms with Gasteiger partial charge in [-0.2, -0.15) is 0 Å². The van der Waals surface area contributed by atoms with Crippen LogP contribution < -0.4 is 0 Å². The highest BCUT2D eigenvalue weighted by Gasteiger charge is 2.60. The van der Waals surface area contributed by atoms with Crippen LogP contribution >= 0.6 is 11.8 Å². The predicted octanol–water partition coefficient (Wildman–Crippen LogP) is 9.31. The third-order valence-electron chi connectivity index (χ3n) is 12.0. The van der Waals surface area contributed by atoms with Gasteiger partial charge in [0.25, 0.3) is 0 Å². The molecule has 1 heterocycles. The largest absolute Gasteiger partial charge is 0.231 e. The molecule has 4 fully saturated rings. The molecular weight excluding hydrogens is 444 g/mol. The minimum Gasteiger partial charge on any atom is -0.231 e. The molecule has 1 aromatic heterocycles. The highest BCUT2D eigenvalue weighted by molar-refractivity contribution is 7.99. The summed E-state index contributed by atoms with van der Waals surface area (Å²) in [6, 6.07) is 1.92. The van der Waals surface area contributed by atoms with Gasteiger partial charge in [0.15, 0.2) is 5.16 Å². The number of hydrogen-bond acceptors (Lipinski definition) is 3. The van der Waals surface area contributed by atoms with Crippen molar-refractivity contribution in [3.05, 3.63) is 18.5 Å². The van der Waals surface area contributed by atoms with Crippen molar-refractivity contribution < 1.29 is 0 Å². The highest BCUT2D eigenvalue weighted by Crippen LogP contribution is 2.68. The van der Waals surface area contributed by atoms with Crippen molar-refractivity contribution in [2.75, 3.05) is 5.75 Å². The van der Waals surface area contributed by atoms with E-state index in [1.165, 1.54) is 82.8 Å². The summed E-state index contributed by atoms with van der Waals surface area (Å²) in [5, 5.41) is 0.963.